The fourth-order valence-corrected chi connectivity index (χ4v) is 2.44. The lowest BCUT2D eigenvalue weighted by Gasteiger charge is -2.17. The molecule has 2 rings (SSSR count). The molecule has 2 aromatic rings. The molecule has 29 heavy (non-hydrogen) atoms. The summed E-state index contributed by atoms with van der Waals surface area (Å²) in [5.41, 5.74) is 7.40. The molecular formula is C20H27N3O6. The molecule has 5 N–H and O–H groups in total. The molecule has 1 atom stereocenters. The fourth-order valence-electron chi connectivity index (χ4n) is 2.44. The zero-order chi connectivity index (χ0) is 21.8. The molecule has 0 aliphatic heterocycles. The van der Waals surface area contributed by atoms with E-state index in [9.17, 15) is 9.59 Å². The lowest BCUT2D eigenvalue weighted by atomic mass is 10.1. The van der Waals surface area contributed by atoms with Gasteiger partial charge in [0.2, 0.25) is 5.88 Å². The number of nitrogens with zero attached hydrogens (tertiary/aromatic N) is 1. The van der Waals surface area contributed by atoms with Crippen molar-refractivity contribution in [3.8, 4) is 11.6 Å². The number of anilines is 1. The smallest absolute Gasteiger partial charge is 0.328 e. The molecule has 9 heteroatoms. The Kier molecular flexibility index (Phi) is 9.97. The molecule has 1 aromatic carbocycles. The van der Waals surface area contributed by atoms with Gasteiger partial charge in [-0.15, -0.1) is 0 Å². The molecule has 9 nitrogen and oxygen atoms in total. The second-order valence-electron chi connectivity index (χ2n) is 6.09. The Hall–Kier alpha value is -3.33. The number of aromatic nitrogens is 1. The van der Waals surface area contributed by atoms with Gasteiger partial charge in [-0.25, -0.2) is 14.6 Å². The molecule has 0 aliphatic rings. The number of hydrogen-bond donors (Lipinski definition) is 4. The molecule has 1 heterocycles. The van der Waals surface area contributed by atoms with Gasteiger partial charge in [0, 0.05) is 35.7 Å². The molecule has 0 saturated heterocycles. The van der Waals surface area contributed by atoms with Crippen LogP contribution in [0.15, 0.2) is 36.4 Å². The lowest BCUT2D eigenvalue weighted by molar-refractivity contribution is -0.134. The number of rotatable bonds is 9. The van der Waals surface area contributed by atoms with Crippen LogP contribution in [0.2, 0.25) is 0 Å². The summed E-state index contributed by atoms with van der Waals surface area (Å²) in [7, 11) is 3.29. The molecule has 0 aliphatic carbocycles. The number of fused-ring (bicyclic) bond motifs is 1. The summed E-state index contributed by atoms with van der Waals surface area (Å²) in [6, 6.07) is 8.09. The van der Waals surface area contributed by atoms with Crippen molar-refractivity contribution in [2.45, 2.75) is 25.8 Å². The molecule has 0 spiro atoms. The van der Waals surface area contributed by atoms with E-state index in [0.717, 1.165) is 35.2 Å². The minimum Gasteiger partial charge on any atom is -0.497 e. The Morgan fingerprint density at radius 2 is 1.83 bits per heavy atom. The molecule has 158 valence electrons. The summed E-state index contributed by atoms with van der Waals surface area (Å²) in [5, 5.41) is 20.1. The Morgan fingerprint density at radius 1 is 1.17 bits per heavy atom. The highest BCUT2D eigenvalue weighted by atomic mass is 16.5. The van der Waals surface area contributed by atoms with Gasteiger partial charge in [-0.05, 0) is 38.4 Å². The summed E-state index contributed by atoms with van der Waals surface area (Å²) in [6.45, 7) is 2.85. The predicted molar refractivity (Wildman–Crippen MR) is 111 cm³/mol. The van der Waals surface area contributed by atoms with Crippen LogP contribution in [-0.2, 0) is 9.59 Å². The van der Waals surface area contributed by atoms with Crippen LogP contribution in [0.25, 0.3) is 10.9 Å². The van der Waals surface area contributed by atoms with Gasteiger partial charge < -0.3 is 30.7 Å². The van der Waals surface area contributed by atoms with Crippen LogP contribution in [0.1, 0.15) is 19.8 Å². The standard InChI is InChI=1S/C16H23N3O2.C4H4O4/c1-11(5-4-8-17)18-14-10-13(20-2)9-12-6-7-15(21-3)19-16(12)14;5-3(6)1-2-4(7)8/h6-7,9-11,18H,4-5,8,17H2,1-3H3;1-2H,(H,5,6)(H,7,8)/b;2-1-. The molecule has 0 amide bonds. The van der Waals surface area contributed by atoms with E-state index in [1.165, 1.54) is 0 Å². The fraction of sp³-hybridized carbons (Fsp3) is 0.350. The van der Waals surface area contributed by atoms with Crippen molar-refractivity contribution in [1.29, 1.82) is 0 Å². The van der Waals surface area contributed by atoms with E-state index in [4.69, 9.17) is 25.4 Å². The first-order valence-electron chi connectivity index (χ1n) is 8.94. The first-order chi connectivity index (χ1) is 13.8. The summed E-state index contributed by atoms with van der Waals surface area (Å²) < 4.78 is 10.6. The van der Waals surface area contributed by atoms with Crippen LogP contribution in [0.4, 0.5) is 5.69 Å². The van der Waals surface area contributed by atoms with Gasteiger partial charge in [0.1, 0.15) is 5.75 Å². The number of pyridine rings is 1. The van der Waals surface area contributed by atoms with Gasteiger partial charge in [0.05, 0.1) is 25.4 Å². The van der Waals surface area contributed by atoms with Gasteiger partial charge >= 0.3 is 11.9 Å². The highest BCUT2D eigenvalue weighted by Crippen LogP contribution is 2.30. The normalized spacial score (nSPS) is 11.4. The zero-order valence-corrected chi connectivity index (χ0v) is 16.7. The molecule has 0 saturated carbocycles. The number of carbonyl (C=O) groups is 2. The highest BCUT2D eigenvalue weighted by molar-refractivity contribution is 5.92. The minimum atomic E-state index is -1.26. The van der Waals surface area contributed by atoms with Gasteiger partial charge in [-0.2, -0.15) is 0 Å². The van der Waals surface area contributed by atoms with E-state index >= 15 is 0 Å². The number of nitrogens with two attached hydrogens (primary N) is 1. The Morgan fingerprint density at radius 3 is 2.34 bits per heavy atom. The van der Waals surface area contributed by atoms with Crippen LogP contribution < -0.4 is 20.5 Å². The quantitative estimate of drug-likeness (QED) is 0.462. The minimum absolute atomic E-state index is 0.317. The zero-order valence-electron chi connectivity index (χ0n) is 16.7. The number of methoxy groups -OCH3 is 2. The predicted octanol–water partition coefficient (Wildman–Crippen LogP) is 2.50. The third-order valence-corrected chi connectivity index (χ3v) is 3.80. The van der Waals surface area contributed by atoms with E-state index in [2.05, 4.69) is 17.2 Å². The van der Waals surface area contributed by atoms with Gasteiger partial charge in [0.15, 0.2) is 0 Å². The topological polar surface area (TPSA) is 144 Å². The maximum atomic E-state index is 9.55. The summed E-state index contributed by atoms with van der Waals surface area (Å²) in [5.74, 6) is -1.10. The van der Waals surface area contributed by atoms with E-state index in [-0.39, 0.29) is 0 Å². The molecule has 0 radical (unpaired) electrons. The van der Waals surface area contributed by atoms with Gasteiger partial charge in [-0.1, -0.05) is 0 Å². The number of carboxylic acid groups (broad SMARTS) is 2. The van der Waals surface area contributed by atoms with Gasteiger partial charge in [-0.3, -0.25) is 0 Å². The van der Waals surface area contributed by atoms with Crippen LogP contribution in [0, 0.1) is 0 Å². The molecule has 1 aromatic heterocycles. The number of ether oxygens (including phenoxy) is 2. The van der Waals surface area contributed by atoms with E-state index < -0.39 is 11.9 Å². The van der Waals surface area contributed by atoms with Crippen molar-refractivity contribution < 1.29 is 29.3 Å². The number of carboxylic acids is 2. The van der Waals surface area contributed by atoms with Gasteiger partial charge in [0.25, 0.3) is 0 Å². The second-order valence-corrected chi connectivity index (χ2v) is 6.09. The lowest BCUT2D eigenvalue weighted by Crippen LogP contribution is -2.17. The maximum Gasteiger partial charge on any atom is 0.328 e. The number of nitrogens with one attached hydrogen (secondary N) is 1. The molecule has 0 bridgehead atoms. The SMILES string of the molecule is COc1cc(NC(C)CCCN)c2nc(OC)ccc2c1.O=C(O)/C=C\C(=O)O. The number of aliphatic carboxylic acids is 2. The molecular weight excluding hydrogens is 378 g/mol. The van der Waals surface area contributed by atoms with Crippen LogP contribution in [-0.4, -0.2) is 53.9 Å². The number of benzene rings is 1. The summed E-state index contributed by atoms with van der Waals surface area (Å²) in [6.07, 6.45) is 3.12. The highest BCUT2D eigenvalue weighted by Gasteiger charge is 2.10. The monoisotopic (exact) mass is 405 g/mol. The van der Waals surface area contributed by atoms with Crippen LogP contribution >= 0.6 is 0 Å². The third-order valence-electron chi connectivity index (χ3n) is 3.80. The van der Waals surface area contributed by atoms with E-state index in [1.807, 2.05) is 24.3 Å². The average Bonchev–Trinajstić information content (AvgIpc) is 2.70. The van der Waals surface area contributed by atoms with Crippen LogP contribution in [0.5, 0.6) is 11.6 Å². The van der Waals surface area contributed by atoms with E-state index in [1.54, 1.807) is 14.2 Å². The summed E-state index contributed by atoms with van der Waals surface area (Å²) in [4.78, 5) is 23.6. The first kappa shape index (κ1) is 23.7. The second kappa shape index (κ2) is 12.2. The van der Waals surface area contributed by atoms with Crippen molar-refractivity contribution >= 4 is 28.5 Å². The largest absolute Gasteiger partial charge is 0.497 e. The van der Waals surface area contributed by atoms with Crippen molar-refractivity contribution in [2.75, 3.05) is 26.1 Å². The third kappa shape index (κ3) is 8.48. The van der Waals surface area contributed by atoms with E-state index in [0.29, 0.717) is 30.6 Å². The van der Waals surface area contributed by atoms with Crippen molar-refractivity contribution in [3.63, 3.8) is 0 Å². The Balaban J connectivity index is 0.000000447. The molecule has 1 unspecified atom stereocenters. The van der Waals surface area contributed by atoms with Crippen molar-refractivity contribution in [2.24, 2.45) is 5.73 Å². The number of hydrogen-bond acceptors (Lipinski definition) is 7. The first-order valence-corrected chi connectivity index (χ1v) is 8.94. The molecule has 0 fully saturated rings. The Bertz CT molecular complexity index is 837. The van der Waals surface area contributed by atoms with Crippen LogP contribution in [0.3, 0.4) is 0 Å². The summed E-state index contributed by atoms with van der Waals surface area (Å²) >= 11 is 0. The van der Waals surface area contributed by atoms with Crippen molar-refractivity contribution in [3.05, 3.63) is 36.4 Å². The van der Waals surface area contributed by atoms with Crippen molar-refractivity contribution in [1.82, 2.24) is 4.98 Å². The average molecular weight is 405 g/mol. The Labute approximate surface area is 169 Å². The maximum absolute atomic E-state index is 9.55.